The summed E-state index contributed by atoms with van der Waals surface area (Å²) in [5.74, 6) is 2.13. The van der Waals surface area contributed by atoms with E-state index < -0.39 is 0 Å². The Hall–Kier alpha value is -0.530. The fourth-order valence-corrected chi connectivity index (χ4v) is 2.18. The van der Waals surface area contributed by atoms with Gasteiger partial charge in [0.1, 0.15) is 7.11 Å². The van der Waals surface area contributed by atoms with E-state index in [1.807, 2.05) is 0 Å². The lowest BCUT2D eigenvalue weighted by Crippen LogP contribution is -2.27. The fourth-order valence-electron chi connectivity index (χ4n) is 2.18. The average Bonchev–Trinajstić information content (AvgIpc) is 2.04. The van der Waals surface area contributed by atoms with Gasteiger partial charge in [-0.25, -0.2) is 0 Å². The van der Waals surface area contributed by atoms with Crippen LogP contribution in [0.3, 0.4) is 0 Å². The van der Waals surface area contributed by atoms with Gasteiger partial charge in [0.15, 0.2) is 0 Å². The maximum atomic E-state index is 4.90. The van der Waals surface area contributed by atoms with Crippen LogP contribution in [0.1, 0.15) is 40.0 Å². The Morgan fingerprint density at radius 3 is 2.62 bits per heavy atom. The lowest BCUT2D eigenvalue weighted by Gasteiger charge is -2.30. The Kier molecular flexibility index (Phi) is 3.76. The van der Waals surface area contributed by atoms with Crippen molar-refractivity contribution in [3.05, 3.63) is 0 Å². The number of rotatable bonds is 2. The Balaban J connectivity index is 2.66. The highest BCUT2D eigenvalue weighted by Crippen LogP contribution is 2.31. The third-order valence-corrected chi connectivity index (χ3v) is 2.97. The zero-order valence-electron chi connectivity index (χ0n) is 9.21. The molecule has 0 bridgehead atoms. The summed E-state index contributed by atoms with van der Waals surface area (Å²) in [6.07, 6.45) is 3.74. The van der Waals surface area contributed by atoms with E-state index in [4.69, 9.17) is 4.84 Å². The maximum Gasteiger partial charge on any atom is 0.106 e. The molecule has 2 heteroatoms. The van der Waals surface area contributed by atoms with Crippen LogP contribution < -0.4 is 0 Å². The second-order valence-corrected chi connectivity index (χ2v) is 4.50. The number of hydrogen-bond acceptors (Lipinski definition) is 2. The van der Waals surface area contributed by atoms with E-state index in [2.05, 4.69) is 25.9 Å². The minimum atomic E-state index is 0.649. The molecule has 0 amide bonds. The average molecular weight is 183 g/mol. The number of oxime groups is 1. The zero-order valence-corrected chi connectivity index (χ0v) is 9.21. The molecule has 1 rings (SSSR count). The summed E-state index contributed by atoms with van der Waals surface area (Å²) in [6, 6.07) is 0. The van der Waals surface area contributed by atoms with Crippen molar-refractivity contribution in [1.82, 2.24) is 0 Å². The quantitative estimate of drug-likeness (QED) is 0.603. The summed E-state index contributed by atoms with van der Waals surface area (Å²) in [7, 11) is 1.64. The molecule has 1 fully saturated rings. The molecule has 1 saturated carbocycles. The summed E-state index contributed by atoms with van der Waals surface area (Å²) in [5, 5.41) is 4.15. The molecule has 0 N–H and O–H groups in total. The predicted octanol–water partition coefficient (Wildman–Crippen LogP) is 3.08. The molecule has 0 saturated heterocycles. The molecule has 1 aliphatic rings. The fraction of sp³-hybridized carbons (Fsp3) is 0.909. The third-order valence-electron chi connectivity index (χ3n) is 2.97. The van der Waals surface area contributed by atoms with Crippen molar-refractivity contribution in [1.29, 1.82) is 0 Å². The molecule has 0 aromatic heterocycles. The highest BCUT2D eigenvalue weighted by atomic mass is 16.6. The largest absolute Gasteiger partial charge is 0.399 e. The zero-order chi connectivity index (χ0) is 9.84. The molecule has 0 aromatic carbocycles. The minimum Gasteiger partial charge on any atom is -0.399 e. The normalized spacial score (nSPS) is 32.5. The van der Waals surface area contributed by atoms with Crippen LogP contribution >= 0.6 is 0 Å². The van der Waals surface area contributed by atoms with Gasteiger partial charge in [0, 0.05) is 5.92 Å². The van der Waals surface area contributed by atoms with E-state index in [0.717, 1.165) is 12.3 Å². The first kappa shape index (κ1) is 10.6. The van der Waals surface area contributed by atoms with Gasteiger partial charge in [0.2, 0.25) is 0 Å². The van der Waals surface area contributed by atoms with Gasteiger partial charge in [0.05, 0.1) is 5.71 Å². The molecule has 1 aliphatic carbocycles. The second-order valence-electron chi connectivity index (χ2n) is 4.50. The molecule has 0 spiro atoms. The van der Waals surface area contributed by atoms with Gasteiger partial charge in [0.25, 0.3) is 0 Å². The van der Waals surface area contributed by atoms with Crippen LogP contribution in [0.25, 0.3) is 0 Å². The van der Waals surface area contributed by atoms with Crippen molar-refractivity contribution < 1.29 is 4.84 Å². The van der Waals surface area contributed by atoms with Crippen LogP contribution in [-0.4, -0.2) is 12.8 Å². The first-order valence-electron chi connectivity index (χ1n) is 5.25. The Labute approximate surface area is 81.3 Å². The summed E-state index contributed by atoms with van der Waals surface area (Å²) < 4.78 is 0. The highest BCUT2D eigenvalue weighted by molar-refractivity contribution is 5.87. The van der Waals surface area contributed by atoms with E-state index in [0.29, 0.717) is 11.8 Å². The molecule has 13 heavy (non-hydrogen) atoms. The smallest absolute Gasteiger partial charge is 0.106 e. The van der Waals surface area contributed by atoms with E-state index in [9.17, 15) is 0 Å². The van der Waals surface area contributed by atoms with E-state index in [1.165, 1.54) is 18.6 Å². The molecule has 0 aromatic rings. The van der Waals surface area contributed by atoms with Gasteiger partial charge < -0.3 is 4.84 Å². The summed E-state index contributed by atoms with van der Waals surface area (Å²) in [4.78, 5) is 4.90. The second kappa shape index (κ2) is 4.64. The predicted molar refractivity (Wildman–Crippen MR) is 55.8 cm³/mol. The Morgan fingerprint density at radius 1 is 1.38 bits per heavy atom. The summed E-state index contributed by atoms with van der Waals surface area (Å²) >= 11 is 0. The van der Waals surface area contributed by atoms with Crippen LogP contribution in [0.2, 0.25) is 0 Å². The third kappa shape index (κ3) is 2.71. The molecule has 0 unspecified atom stereocenters. The molecule has 2 nitrogen and oxygen atoms in total. The molecule has 76 valence electrons. The van der Waals surface area contributed by atoms with Crippen LogP contribution in [-0.2, 0) is 4.84 Å². The molecule has 0 radical (unpaired) electrons. The standard InChI is InChI=1S/C11H21NO/c1-8(2)10-6-5-9(3)7-11(10)12-13-4/h8-10H,5-7H2,1-4H3/b12-11-/t9-,10+/m1/s1. The number of nitrogens with zero attached hydrogens (tertiary/aromatic N) is 1. The lowest BCUT2D eigenvalue weighted by atomic mass is 9.76. The molecule has 0 heterocycles. The maximum absolute atomic E-state index is 4.90. The Bertz CT molecular complexity index is 187. The van der Waals surface area contributed by atoms with Crippen molar-refractivity contribution in [3.8, 4) is 0 Å². The van der Waals surface area contributed by atoms with Gasteiger partial charge in [-0.15, -0.1) is 0 Å². The first-order valence-corrected chi connectivity index (χ1v) is 5.25. The van der Waals surface area contributed by atoms with Crippen molar-refractivity contribution >= 4 is 5.71 Å². The van der Waals surface area contributed by atoms with Crippen molar-refractivity contribution in [2.45, 2.75) is 40.0 Å². The monoisotopic (exact) mass is 183 g/mol. The van der Waals surface area contributed by atoms with Gasteiger partial charge >= 0.3 is 0 Å². The molecular weight excluding hydrogens is 162 g/mol. The van der Waals surface area contributed by atoms with Crippen LogP contribution in [0.15, 0.2) is 5.16 Å². The Morgan fingerprint density at radius 2 is 2.08 bits per heavy atom. The van der Waals surface area contributed by atoms with Crippen LogP contribution in [0, 0.1) is 17.8 Å². The van der Waals surface area contributed by atoms with Gasteiger partial charge in [-0.3, -0.25) is 0 Å². The van der Waals surface area contributed by atoms with Crippen molar-refractivity contribution in [3.63, 3.8) is 0 Å². The summed E-state index contributed by atoms with van der Waals surface area (Å²) in [5.41, 5.74) is 1.27. The minimum absolute atomic E-state index is 0.649. The number of hydrogen-bond donors (Lipinski definition) is 0. The van der Waals surface area contributed by atoms with Gasteiger partial charge in [-0.2, -0.15) is 0 Å². The van der Waals surface area contributed by atoms with Crippen LogP contribution in [0.4, 0.5) is 0 Å². The molecular formula is C11H21NO. The first-order chi connectivity index (χ1) is 6.15. The van der Waals surface area contributed by atoms with E-state index in [1.54, 1.807) is 7.11 Å². The molecule has 0 aliphatic heterocycles. The SMILES string of the molecule is CO/N=C1/C[C@H](C)CC[C@H]1C(C)C. The van der Waals surface area contributed by atoms with E-state index in [-0.39, 0.29) is 0 Å². The van der Waals surface area contributed by atoms with Crippen molar-refractivity contribution in [2.24, 2.45) is 22.9 Å². The lowest BCUT2D eigenvalue weighted by molar-refractivity contribution is 0.203. The summed E-state index contributed by atoms with van der Waals surface area (Å²) in [6.45, 7) is 6.83. The van der Waals surface area contributed by atoms with Gasteiger partial charge in [-0.05, 0) is 31.1 Å². The highest BCUT2D eigenvalue weighted by Gasteiger charge is 2.27. The van der Waals surface area contributed by atoms with E-state index >= 15 is 0 Å². The van der Waals surface area contributed by atoms with Crippen LogP contribution in [0.5, 0.6) is 0 Å². The van der Waals surface area contributed by atoms with Crippen molar-refractivity contribution in [2.75, 3.05) is 7.11 Å². The van der Waals surface area contributed by atoms with Gasteiger partial charge in [-0.1, -0.05) is 25.9 Å². The topological polar surface area (TPSA) is 21.6 Å². The molecule has 2 atom stereocenters.